The van der Waals surface area contributed by atoms with Gasteiger partial charge in [-0.3, -0.25) is 14.9 Å². The average molecular weight is 383 g/mol. The monoisotopic (exact) mass is 383 g/mol. The lowest BCUT2D eigenvalue weighted by Crippen LogP contribution is -2.15. The van der Waals surface area contributed by atoms with Crippen molar-refractivity contribution in [2.45, 2.75) is 18.6 Å². The molecule has 2 aromatic carbocycles. The third-order valence-electron chi connectivity index (χ3n) is 3.76. The number of nitro groups is 1. The summed E-state index contributed by atoms with van der Waals surface area (Å²) in [6, 6.07) is 15.8. The minimum absolute atomic E-state index is 0.0707. The van der Waals surface area contributed by atoms with Gasteiger partial charge in [-0.25, -0.2) is 0 Å². The van der Waals surface area contributed by atoms with Gasteiger partial charge in [0.1, 0.15) is 5.82 Å². The molecule has 3 aromatic rings. The summed E-state index contributed by atoms with van der Waals surface area (Å²) in [6.07, 6.45) is 0. The number of benzene rings is 2. The van der Waals surface area contributed by atoms with Crippen LogP contribution in [-0.2, 0) is 11.3 Å². The Balaban J connectivity index is 1.62. The minimum Gasteiger partial charge on any atom is -0.325 e. The van der Waals surface area contributed by atoms with Crippen molar-refractivity contribution in [3.05, 3.63) is 76.1 Å². The normalized spacial score (nSPS) is 10.6. The van der Waals surface area contributed by atoms with Gasteiger partial charge in [-0.2, -0.15) is 0 Å². The van der Waals surface area contributed by atoms with Crippen molar-refractivity contribution < 1.29 is 9.72 Å². The van der Waals surface area contributed by atoms with E-state index in [1.54, 1.807) is 6.07 Å². The summed E-state index contributed by atoms with van der Waals surface area (Å²) >= 11 is 1.27. The van der Waals surface area contributed by atoms with Gasteiger partial charge in [-0.05, 0) is 18.6 Å². The van der Waals surface area contributed by atoms with Crippen molar-refractivity contribution in [3.63, 3.8) is 0 Å². The number of thioether (sulfide) groups is 1. The maximum absolute atomic E-state index is 12.2. The van der Waals surface area contributed by atoms with E-state index in [0.29, 0.717) is 17.4 Å². The average Bonchev–Trinajstić information content (AvgIpc) is 3.01. The molecule has 1 N–H and O–H groups in total. The Morgan fingerprint density at radius 3 is 2.70 bits per heavy atom. The Morgan fingerprint density at radius 2 is 1.96 bits per heavy atom. The third-order valence-corrected chi connectivity index (χ3v) is 4.73. The molecule has 0 aliphatic heterocycles. The molecule has 138 valence electrons. The number of non-ortho nitro benzene ring substituents is 1. The number of carbonyl (C=O) groups excluding carboxylic acids is 1. The smallest absolute Gasteiger partial charge is 0.271 e. The summed E-state index contributed by atoms with van der Waals surface area (Å²) < 4.78 is 1.95. The van der Waals surface area contributed by atoms with Crippen molar-refractivity contribution in [2.75, 3.05) is 11.1 Å². The second-order valence-electron chi connectivity index (χ2n) is 5.75. The number of carbonyl (C=O) groups is 1. The molecule has 0 unspecified atom stereocenters. The SMILES string of the molecule is Cc1nnc(SCC(=O)Nc2cccc([N+](=O)[O-])c2)n1Cc1ccccc1. The molecule has 8 nitrogen and oxygen atoms in total. The van der Waals surface area contributed by atoms with Crippen molar-refractivity contribution in [3.8, 4) is 0 Å². The van der Waals surface area contributed by atoms with Crippen LogP contribution in [-0.4, -0.2) is 31.3 Å². The molecule has 0 fully saturated rings. The number of amides is 1. The van der Waals surface area contributed by atoms with Gasteiger partial charge in [0, 0.05) is 17.8 Å². The number of aromatic nitrogens is 3. The third kappa shape index (κ3) is 4.91. The number of hydrogen-bond acceptors (Lipinski definition) is 6. The molecule has 0 saturated heterocycles. The lowest BCUT2D eigenvalue weighted by molar-refractivity contribution is -0.384. The zero-order chi connectivity index (χ0) is 19.2. The van der Waals surface area contributed by atoms with Crippen LogP contribution in [0.5, 0.6) is 0 Å². The van der Waals surface area contributed by atoms with E-state index in [1.807, 2.05) is 41.8 Å². The Labute approximate surface area is 159 Å². The predicted molar refractivity (Wildman–Crippen MR) is 103 cm³/mol. The van der Waals surface area contributed by atoms with Gasteiger partial charge in [0.05, 0.1) is 17.2 Å². The molecule has 27 heavy (non-hydrogen) atoms. The maximum Gasteiger partial charge on any atom is 0.271 e. The molecule has 0 aliphatic rings. The number of nitrogens with zero attached hydrogens (tertiary/aromatic N) is 4. The van der Waals surface area contributed by atoms with Crippen LogP contribution in [0.15, 0.2) is 59.8 Å². The van der Waals surface area contributed by atoms with Crippen molar-refractivity contribution >= 4 is 29.0 Å². The fourth-order valence-corrected chi connectivity index (χ4v) is 3.22. The number of nitrogens with one attached hydrogen (secondary N) is 1. The van der Waals surface area contributed by atoms with E-state index in [1.165, 1.54) is 30.0 Å². The fraction of sp³-hybridized carbons (Fsp3) is 0.167. The summed E-state index contributed by atoms with van der Waals surface area (Å²) in [7, 11) is 0. The lowest BCUT2D eigenvalue weighted by Gasteiger charge is -2.09. The van der Waals surface area contributed by atoms with E-state index in [2.05, 4.69) is 15.5 Å². The van der Waals surface area contributed by atoms with Crippen molar-refractivity contribution in [1.29, 1.82) is 0 Å². The zero-order valence-electron chi connectivity index (χ0n) is 14.5. The predicted octanol–water partition coefficient (Wildman–Crippen LogP) is 3.27. The number of rotatable bonds is 7. The van der Waals surface area contributed by atoms with E-state index in [0.717, 1.165) is 11.4 Å². The zero-order valence-corrected chi connectivity index (χ0v) is 15.3. The summed E-state index contributed by atoms with van der Waals surface area (Å²) in [5, 5.41) is 22.3. The quantitative estimate of drug-likeness (QED) is 0.381. The highest BCUT2D eigenvalue weighted by atomic mass is 32.2. The Hall–Kier alpha value is -3.20. The highest BCUT2D eigenvalue weighted by Crippen LogP contribution is 2.20. The molecule has 1 aromatic heterocycles. The largest absolute Gasteiger partial charge is 0.325 e. The molecular weight excluding hydrogens is 366 g/mol. The second kappa shape index (κ2) is 8.45. The van der Waals surface area contributed by atoms with E-state index in [-0.39, 0.29) is 17.3 Å². The fourth-order valence-electron chi connectivity index (χ4n) is 2.44. The summed E-state index contributed by atoms with van der Waals surface area (Å²) in [5.41, 5.74) is 1.43. The lowest BCUT2D eigenvalue weighted by atomic mass is 10.2. The minimum atomic E-state index is -0.501. The maximum atomic E-state index is 12.2. The van der Waals surface area contributed by atoms with Gasteiger partial charge in [0.25, 0.3) is 5.69 Å². The Morgan fingerprint density at radius 1 is 1.19 bits per heavy atom. The van der Waals surface area contributed by atoms with Gasteiger partial charge in [0.2, 0.25) is 5.91 Å². The van der Waals surface area contributed by atoms with Gasteiger partial charge in [0.15, 0.2) is 5.16 Å². The number of aryl methyl sites for hydroxylation is 1. The first-order valence-electron chi connectivity index (χ1n) is 8.14. The van der Waals surface area contributed by atoms with Gasteiger partial charge in [-0.1, -0.05) is 48.2 Å². The first-order valence-corrected chi connectivity index (χ1v) is 9.12. The van der Waals surface area contributed by atoms with E-state index in [4.69, 9.17) is 0 Å². The number of anilines is 1. The van der Waals surface area contributed by atoms with Gasteiger partial charge >= 0.3 is 0 Å². The van der Waals surface area contributed by atoms with Crippen LogP contribution in [0.2, 0.25) is 0 Å². The van der Waals surface area contributed by atoms with E-state index in [9.17, 15) is 14.9 Å². The molecule has 0 atom stereocenters. The molecule has 1 amide bonds. The first-order chi connectivity index (χ1) is 13.0. The summed E-state index contributed by atoms with van der Waals surface area (Å²) in [4.78, 5) is 22.5. The highest BCUT2D eigenvalue weighted by molar-refractivity contribution is 7.99. The van der Waals surface area contributed by atoms with Crippen LogP contribution in [0.4, 0.5) is 11.4 Å². The van der Waals surface area contributed by atoms with Crippen LogP contribution in [0.25, 0.3) is 0 Å². The molecule has 3 rings (SSSR count). The molecule has 9 heteroatoms. The van der Waals surface area contributed by atoms with Crippen LogP contribution in [0.3, 0.4) is 0 Å². The van der Waals surface area contributed by atoms with Crippen LogP contribution >= 0.6 is 11.8 Å². The Bertz CT molecular complexity index is 959. The van der Waals surface area contributed by atoms with Crippen LogP contribution in [0.1, 0.15) is 11.4 Å². The van der Waals surface area contributed by atoms with Gasteiger partial charge in [-0.15, -0.1) is 10.2 Å². The Kier molecular flexibility index (Phi) is 5.82. The topological polar surface area (TPSA) is 103 Å². The molecule has 0 radical (unpaired) electrons. The molecule has 0 aliphatic carbocycles. The summed E-state index contributed by atoms with van der Waals surface area (Å²) in [6.45, 7) is 2.48. The molecular formula is C18H17N5O3S. The molecule has 0 spiro atoms. The van der Waals surface area contributed by atoms with Gasteiger partial charge < -0.3 is 9.88 Å². The number of nitro benzene ring substituents is 1. The van der Waals surface area contributed by atoms with E-state index < -0.39 is 4.92 Å². The van der Waals surface area contributed by atoms with E-state index >= 15 is 0 Å². The first kappa shape index (κ1) is 18.6. The van der Waals surface area contributed by atoms with Crippen LogP contribution < -0.4 is 5.32 Å². The molecule has 1 heterocycles. The standard InChI is InChI=1S/C18H17N5O3S/c1-13-20-21-18(22(13)11-14-6-3-2-4-7-14)27-12-17(24)19-15-8-5-9-16(10-15)23(25)26/h2-10H,11-12H2,1H3,(H,19,24). The van der Waals surface area contributed by atoms with Crippen molar-refractivity contribution in [2.24, 2.45) is 0 Å². The second-order valence-corrected chi connectivity index (χ2v) is 6.69. The highest BCUT2D eigenvalue weighted by Gasteiger charge is 2.13. The molecule has 0 bridgehead atoms. The molecule has 0 saturated carbocycles. The summed E-state index contributed by atoms with van der Waals surface area (Å²) in [5.74, 6) is 0.614. The number of hydrogen-bond donors (Lipinski definition) is 1. The van der Waals surface area contributed by atoms with Crippen LogP contribution in [0, 0.1) is 17.0 Å². The van der Waals surface area contributed by atoms with Crippen molar-refractivity contribution in [1.82, 2.24) is 14.8 Å².